The van der Waals surface area contributed by atoms with E-state index in [0.717, 1.165) is 25.7 Å². The van der Waals surface area contributed by atoms with E-state index in [1.807, 2.05) is 14.0 Å². The molecule has 0 N–H and O–H groups in total. The van der Waals surface area contributed by atoms with Crippen LogP contribution >= 0.6 is 0 Å². The minimum absolute atomic E-state index is 0.0593. The van der Waals surface area contributed by atoms with Crippen molar-refractivity contribution in [2.75, 3.05) is 13.7 Å². The van der Waals surface area contributed by atoms with E-state index >= 15 is 0 Å². The Morgan fingerprint density at radius 1 is 1.00 bits per heavy atom. The Labute approximate surface area is 189 Å². The molecule has 1 amide bonds. The highest BCUT2D eigenvalue weighted by molar-refractivity contribution is 6.05. The zero-order chi connectivity index (χ0) is 23.1. The van der Waals surface area contributed by atoms with E-state index in [1.54, 1.807) is 47.4 Å². The van der Waals surface area contributed by atoms with Crippen molar-refractivity contribution < 1.29 is 23.9 Å². The van der Waals surface area contributed by atoms with Crippen LogP contribution in [-0.4, -0.2) is 42.3 Å². The molecule has 0 saturated heterocycles. The molecule has 1 fully saturated rings. The quantitative estimate of drug-likeness (QED) is 0.427. The molecule has 2 aromatic carbocycles. The number of hydrogen-bond acceptors (Lipinski definition) is 5. The Hall–Kier alpha value is -3.15. The monoisotopic (exact) mass is 437 g/mol. The summed E-state index contributed by atoms with van der Waals surface area (Å²) in [5.74, 6) is -0.270. The highest BCUT2D eigenvalue weighted by atomic mass is 16.5. The van der Waals surface area contributed by atoms with Crippen molar-refractivity contribution in [3.05, 3.63) is 64.7 Å². The van der Waals surface area contributed by atoms with Crippen molar-refractivity contribution in [3.8, 4) is 5.75 Å². The van der Waals surface area contributed by atoms with Crippen LogP contribution in [0.15, 0.2) is 42.5 Å². The van der Waals surface area contributed by atoms with Gasteiger partial charge in [0.15, 0.2) is 5.78 Å². The summed E-state index contributed by atoms with van der Waals surface area (Å²) in [6.07, 6.45) is 5.42. The molecule has 0 aliphatic heterocycles. The van der Waals surface area contributed by atoms with Gasteiger partial charge in [0, 0.05) is 24.2 Å². The number of ether oxygens (including phenoxy) is 2. The first-order chi connectivity index (χ1) is 15.4. The molecule has 0 spiro atoms. The van der Waals surface area contributed by atoms with Gasteiger partial charge in [0.2, 0.25) is 0 Å². The second-order valence-electron chi connectivity index (χ2n) is 8.14. The first kappa shape index (κ1) is 23.5. The molecular formula is C26H31NO5. The number of esters is 1. The minimum Gasteiger partial charge on any atom is -0.493 e. The lowest BCUT2D eigenvalue weighted by Crippen LogP contribution is -2.38. The fourth-order valence-electron chi connectivity index (χ4n) is 4.10. The number of hydrogen-bond donors (Lipinski definition) is 0. The summed E-state index contributed by atoms with van der Waals surface area (Å²) in [4.78, 5) is 39.6. The zero-order valence-corrected chi connectivity index (χ0v) is 19.1. The third-order valence-electron chi connectivity index (χ3n) is 5.95. The molecular weight excluding hydrogens is 406 g/mol. The van der Waals surface area contributed by atoms with Gasteiger partial charge in [-0.05, 0) is 57.0 Å². The smallest absolute Gasteiger partial charge is 0.339 e. The normalized spacial score (nSPS) is 14.0. The maximum absolute atomic E-state index is 13.2. The molecule has 0 atom stereocenters. The Balaban J connectivity index is 1.77. The molecule has 0 radical (unpaired) electrons. The molecule has 170 valence electrons. The van der Waals surface area contributed by atoms with Gasteiger partial charge in [-0.3, -0.25) is 9.59 Å². The van der Waals surface area contributed by atoms with Crippen LogP contribution in [0.1, 0.15) is 82.6 Å². The summed E-state index contributed by atoms with van der Waals surface area (Å²) >= 11 is 0. The van der Waals surface area contributed by atoms with Crippen molar-refractivity contribution in [1.29, 1.82) is 0 Å². The molecule has 6 nitrogen and oxygen atoms in total. The van der Waals surface area contributed by atoms with Gasteiger partial charge in [-0.25, -0.2) is 4.79 Å². The number of Topliss-reactive ketones (excluding diaryl/α,β-unsaturated/α-hetero) is 1. The van der Waals surface area contributed by atoms with E-state index in [2.05, 4.69) is 0 Å². The highest BCUT2D eigenvalue weighted by Crippen LogP contribution is 2.25. The molecule has 6 heteroatoms. The number of benzene rings is 2. The van der Waals surface area contributed by atoms with Gasteiger partial charge in [-0.2, -0.15) is 0 Å². The Kier molecular flexibility index (Phi) is 8.03. The number of carbonyl (C=O) groups excluding carboxylic acids is 3. The SMILES string of the molecule is CCOc1ccc(C(C)=O)cc1COC(=O)c1ccccc1C(=O)N(C)C1CCCCC1. The van der Waals surface area contributed by atoms with Crippen molar-refractivity contribution in [3.63, 3.8) is 0 Å². The second-order valence-corrected chi connectivity index (χ2v) is 8.14. The van der Waals surface area contributed by atoms with Gasteiger partial charge in [0.05, 0.1) is 17.7 Å². The average Bonchev–Trinajstić information content (AvgIpc) is 2.82. The van der Waals surface area contributed by atoms with Crippen LogP contribution in [-0.2, 0) is 11.3 Å². The number of nitrogens with zero attached hydrogens (tertiary/aromatic N) is 1. The summed E-state index contributed by atoms with van der Waals surface area (Å²) < 4.78 is 11.2. The lowest BCUT2D eigenvalue weighted by atomic mass is 9.94. The van der Waals surface area contributed by atoms with Gasteiger partial charge in [-0.15, -0.1) is 0 Å². The fraction of sp³-hybridized carbons (Fsp3) is 0.423. The van der Waals surface area contributed by atoms with Crippen molar-refractivity contribution >= 4 is 17.7 Å². The van der Waals surface area contributed by atoms with Crippen molar-refractivity contribution in [2.45, 2.75) is 58.6 Å². The fourth-order valence-corrected chi connectivity index (χ4v) is 4.10. The first-order valence-corrected chi connectivity index (χ1v) is 11.2. The zero-order valence-electron chi connectivity index (χ0n) is 19.1. The van der Waals surface area contributed by atoms with Crippen LogP contribution in [0.5, 0.6) is 5.75 Å². The maximum Gasteiger partial charge on any atom is 0.339 e. The summed E-state index contributed by atoms with van der Waals surface area (Å²) in [7, 11) is 1.81. The van der Waals surface area contributed by atoms with E-state index in [9.17, 15) is 14.4 Å². The molecule has 0 heterocycles. The number of carbonyl (C=O) groups is 3. The van der Waals surface area contributed by atoms with Crippen molar-refractivity contribution in [2.24, 2.45) is 0 Å². The third kappa shape index (κ3) is 5.55. The van der Waals surface area contributed by atoms with Crippen LogP contribution in [0.2, 0.25) is 0 Å². The predicted molar refractivity (Wildman–Crippen MR) is 122 cm³/mol. The average molecular weight is 438 g/mol. The lowest BCUT2D eigenvalue weighted by molar-refractivity contribution is 0.0461. The molecule has 3 rings (SSSR count). The van der Waals surface area contributed by atoms with E-state index in [1.165, 1.54) is 13.3 Å². The van der Waals surface area contributed by atoms with Gasteiger partial charge in [0.1, 0.15) is 12.4 Å². The second kappa shape index (κ2) is 10.9. The first-order valence-electron chi connectivity index (χ1n) is 11.2. The summed E-state index contributed by atoms with van der Waals surface area (Å²) in [6, 6.07) is 12.0. The summed E-state index contributed by atoms with van der Waals surface area (Å²) in [5, 5.41) is 0. The molecule has 2 aromatic rings. The van der Waals surface area contributed by atoms with Gasteiger partial charge in [-0.1, -0.05) is 31.4 Å². The van der Waals surface area contributed by atoms with Crippen LogP contribution in [0.25, 0.3) is 0 Å². The minimum atomic E-state index is -0.582. The van der Waals surface area contributed by atoms with Crippen LogP contribution in [0.3, 0.4) is 0 Å². The predicted octanol–water partition coefficient (Wildman–Crippen LogP) is 5.05. The number of ketones is 1. The standard InChI is InChI=1S/C26H31NO5/c1-4-31-24-15-14-19(18(2)28)16-20(24)17-32-26(30)23-13-9-8-12-22(23)25(29)27(3)21-10-6-5-7-11-21/h8-9,12-16,21H,4-7,10-11,17H2,1-3H3. The molecule has 32 heavy (non-hydrogen) atoms. The van der Waals surface area contributed by atoms with E-state index in [-0.39, 0.29) is 29.9 Å². The molecule has 0 aromatic heterocycles. The molecule has 0 unspecified atom stereocenters. The topological polar surface area (TPSA) is 72.9 Å². The number of amides is 1. The van der Waals surface area contributed by atoms with E-state index < -0.39 is 5.97 Å². The summed E-state index contributed by atoms with van der Waals surface area (Å²) in [5.41, 5.74) is 1.70. The van der Waals surface area contributed by atoms with Crippen LogP contribution in [0.4, 0.5) is 0 Å². The molecule has 0 bridgehead atoms. The van der Waals surface area contributed by atoms with E-state index in [4.69, 9.17) is 9.47 Å². The van der Waals surface area contributed by atoms with Crippen molar-refractivity contribution in [1.82, 2.24) is 4.90 Å². The highest BCUT2D eigenvalue weighted by Gasteiger charge is 2.26. The third-order valence-corrected chi connectivity index (χ3v) is 5.95. The largest absolute Gasteiger partial charge is 0.493 e. The van der Waals surface area contributed by atoms with E-state index in [0.29, 0.717) is 29.0 Å². The molecule has 1 aliphatic carbocycles. The Bertz CT molecular complexity index is 978. The van der Waals surface area contributed by atoms with Crippen LogP contribution < -0.4 is 4.74 Å². The molecule has 1 saturated carbocycles. The summed E-state index contributed by atoms with van der Waals surface area (Å²) in [6.45, 7) is 3.73. The van der Waals surface area contributed by atoms with Gasteiger partial charge < -0.3 is 14.4 Å². The Morgan fingerprint density at radius 3 is 2.34 bits per heavy atom. The number of rotatable bonds is 8. The van der Waals surface area contributed by atoms with Gasteiger partial charge in [0.25, 0.3) is 5.91 Å². The maximum atomic E-state index is 13.2. The van der Waals surface area contributed by atoms with Crippen LogP contribution in [0, 0.1) is 0 Å². The lowest BCUT2D eigenvalue weighted by Gasteiger charge is -2.31. The van der Waals surface area contributed by atoms with Gasteiger partial charge >= 0.3 is 5.97 Å². The Morgan fingerprint density at radius 2 is 1.69 bits per heavy atom. The molecule has 1 aliphatic rings.